The highest BCUT2D eigenvalue weighted by Crippen LogP contribution is 2.25. The van der Waals surface area contributed by atoms with Crippen molar-refractivity contribution in [3.63, 3.8) is 0 Å². The van der Waals surface area contributed by atoms with Crippen molar-refractivity contribution in [1.82, 2.24) is 14.8 Å². The molecule has 1 atom stereocenters. The Morgan fingerprint density at radius 2 is 1.91 bits per heavy atom. The number of carbonyl (C=O) groups is 2. The molecule has 1 fully saturated rings. The Balaban J connectivity index is 1.41. The molecule has 0 aliphatic carbocycles. The molecule has 0 bridgehead atoms. The Kier molecular flexibility index (Phi) is 8.21. The van der Waals surface area contributed by atoms with E-state index in [0.717, 1.165) is 28.0 Å². The lowest BCUT2D eigenvalue weighted by molar-refractivity contribution is -0.150. The van der Waals surface area contributed by atoms with Crippen LogP contribution in [0.4, 0.5) is 0 Å². The largest absolute Gasteiger partial charge is 0.481 e. The number of halogens is 1. The average Bonchev–Trinajstić information content (AvgIpc) is 3.30. The second-order valence-electron chi connectivity index (χ2n) is 8.36. The Labute approximate surface area is 214 Å². The van der Waals surface area contributed by atoms with Crippen molar-refractivity contribution in [2.24, 2.45) is 0 Å². The van der Waals surface area contributed by atoms with Gasteiger partial charge in [-0.05, 0) is 41.8 Å². The number of piperazine rings is 1. The van der Waals surface area contributed by atoms with Crippen LogP contribution in [0.25, 0.3) is 17.2 Å². The van der Waals surface area contributed by atoms with Gasteiger partial charge in [0, 0.05) is 48.4 Å². The molecule has 3 aromatic rings. The molecule has 8 heteroatoms. The Hall–Kier alpha value is -3.16. The van der Waals surface area contributed by atoms with Gasteiger partial charge in [0.1, 0.15) is 6.04 Å². The summed E-state index contributed by atoms with van der Waals surface area (Å²) in [6.07, 6.45) is 6.55. The van der Waals surface area contributed by atoms with Gasteiger partial charge in [-0.15, -0.1) is 11.3 Å². The molecule has 1 aromatic carbocycles. The van der Waals surface area contributed by atoms with Crippen molar-refractivity contribution < 1.29 is 14.3 Å². The van der Waals surface area contributed by atoms with E-state index >= 15 is 0 Å². The van der Waals surface area contributed by atoms with E-state index in [-0.39, 0.29) is 11.8 Å². The molecule has 3 heterocycles. The SMILES string of the molecule is CCC[C@H]1C(=O)N(Cc2ccc(-c3ccc(OC)nc3)cc2)CCN1C(=O)C=Cc1ccc(Cl)s1. The number of thiophene rings is 1. The second kappa shape index (κ2) is 11.5. The molecule has 0 N–H and O–H groups in total. The van der Waals surface area contributed by atoms with Crippen LogP contribution in [0.2, 0.25) is 4.34 Å². The molecule has 4 rings (SSSR count). The minimum absolute atomic E-state index is 0.00227. The highest BCUT2D eigenvalue weighted by molar-refractivity contribution is 7.17. The molecular formula is C27H28ClN3O3S. The van der Waals surface area contributed by atoms with Crippen LogP contribution in [-0.4, -0.2) is 52.8 Å². The van der Waals surface area contributed by atoms with Crippen LogP contribution < -0.4 is 4.74 Å². The number of ether oxygens (including phenoxy) is 1. The lowest BCUT2D eigenvalue weighted by atomic mass is 10.0. The number of hydrogen-bond acceptors (Lipinski definition) is 5. The molecule has 1 aliphatic rings. The van der Waals surface area contributed by atoms with E-state index in [1.165, 1.54) is 11.3 Å². The number of pyridine rings is 1. The first kappa shape index (κ1) is 24.9. The summed E-state index contributed by atoms with van der Waals surface area (Å²) in [5.74, 6) is 0.440. The van der Waals surface area contributed by atoms with Crippen molar-refractivity contribution in [3.8, 4) is 17.0 Å². The molecule has 0 unspecified atom stereocenters. The number of benzene rings is 1. The lowest BCUT2D eigenvalue weighted by Gasteiger charge is -2.40. The maximum atomic E-state index is 13.3. The highest BCUT2D eigenvalue weighted by atomic mass is 35.5. The number of aromatic nitrogens is 1. The fourth-order valence-corrected chi connectivity index (χ4v) is 5.14. The third kappa shape index (κ3) is 6.10. The Morgan fingerprint density at radius 1 is 1.14 bits per heavy atom. The molecule has 6 nitrogen and oxygen atoms in total. The predicted molar refractivity (Wildman–Crippen MR) is 140 cm³/mol. The Morgan fingerprint density at radius 3 is 2.54 bits per heavy atom. The Bertz CT molecular complexity index is 1190. The summed E-state index contributed by atoms with van der Waals surface area (Å²) < 4.78 is 5.80. The van der Waals surface area contributed by atoms with Gasteiger partial charge in [-0.3, -0.25) is 9.59 Å². The average molecular weight is 510 g/mol. The lowest BCUT2D eigenvalue weighted by Crippen LogP contribution is -2.58. The van der Waals surface area contributed by atoms with Crippen molar-refractivity contribution in [1.29, 1.82) is 0 Å². The zero-order valence-electron chi connectivity index (χ0n) is 19.8. The summed E-state index contributed by atoms with van der Waals surface area (Å²) in [5, 5.41) is 0. The van der Waals surface area contributed by atoms with Crippen LogP contribution in [0, 0.1) is 0 Å². The number of methoxy groups -OCH3 is 1. The van der Waals surface area contributed by atoms with Crippen LogP contribution in [0.5, 0.6) is 5.88 Å². The molecule has 1 saturated heterocycles. The minimum Gasteiger partial charge on any atom is -0.481 e. The molecule has 2 aromatic heterocycles. The number of carbonyl (C=O) groups excluding carboxylic acids is 2. The quantitative estimate of drug-likeness (QED) is 0.375. The standard InChI is InChI=1S/C27H28ClN3O3S/c1-3-4-23-27(33)30(15-16-31(23)26(32)14-11-22-10-12-24(28)35-22)18-19-5-7-20(8-6-19)21-9-13-25(34-2)29-17-21/h5-14,17,23H,3-4,15-16,18H2,1-2H3/t23-/m0/s1. The summed E-state index contributed by atoms with van der Waals surface area (Å²) >= 11 is 7.39. The van der Waals surface area contributed by atoms with Gasteiger partial charge in [-0.2, -0.15) is 0 Å². The van der Waals surface area contributed by atoms with Gasteiger partial charge in [0.25, 0.3) is 0 Å². The van der Waals surface area contributed by atoms with E-state index in [1.54, 1.807) is 36.4 Å². The van der Waals surface area contributed by atoms with Gasteiger partial charge in [0.05, 0.1) is 11.4 Å². The van der Waals surface area contributed by atoms with Gasteiger partial charge >= 0.3 is 0 Å². The fourth-order valence-electron chi connectivity index (χ4n) is 4.17. The van der Waals surface area contributed by atoms with E-state index < -0.39 is 6.04 Å². The van der Waals surface area contributed by atoms with Gasteiger partial charge in [-0.1, -0.05) is 49.2 Å². The molecule has 0 radical (unpaired) electrons. The fraction of sp³-hybridized carbons (Fsp3) is 0.296. The maximum absolute atomic E-state index is 13.3. The first-order chi connectivity index (χ1) is 17.0. The smallest absolute Gasteiger partial charge is 0.247 e. The van der Waals surface area contributed by atoms with Gasteiger partial charge in [0.15, 0.2) is 0 Å². The molecular weight excluding hydrogens is 482 g/mol. The molecule has 0 saturated carbocycles. The van der Waals surface area contributed by atoms with E-state index in [1.807, 2.05) is 54.3 Å². The van der Waals surface area contributed by atoms with E-state index in [9.17, 15) is 9.59 Å². The summed E-state index contributed by atoms with van der Waals surface area (Å²) in [6.45, 7) is 3.57. The zero-order chi connectivity index (χ0) is 24.8. The number of amides is 2. The van der Waals surface area contributed by atoms with Gasteiger partial charge in [0.2, 0.25) is 17.7 Å². The van der Waals surface area contributed by atoms with Crippen LogP contribution in [0.1, 0.15) is 30.2 Å². The molecule has 2 amide bonds. The van der Waals surface area contributed by atoms with Crippen molar-refractivity contribution in [3.05, 3.63) is 75.6 Å². The second-order valence-corrected chi connectivity index (χ2v) is 10.1. The number of hydrogen-bond donors (Lipinski definition) is 0. The van der Waals surface area contributed by atoms with Crippen molar-refractivity contribution in [2.45, 2.75) is 32.4 Å². The third-order valence-corrected chi connectivity index (χ3v) is 7.22. The molecule has 35 heavy (non-hydrogen) atoms. The predicted octanol–water partition coefficient (Wildman–Crippen LogP) is 5.53. The van der Waals surface area contributed by atoms with E-state index in [4.69, 9.17) is 16.3 Å². The summed E-state index contributed by atoms with van der Waals surface area (Å²) in [4.78, 5) is 35.0. The van der Waals surface area contributed by atoms with E-state index in [2.05, 4.69) is 4.98 Å². The summed E-state index contributed by atoms with van der Waals surface area (Å²) in [5.41, 5.74) is 3.10. The monoisotopic (exact) mass is 509 g/mol. The van der Waals surface area contributed by atoms with Crippen LogP contribution in [0.15, 0.2) is 60.8 Å². The third-order valence-electron chi connectivity index (χ3n) is 6.02. The first-order valence-corrected chi connectivity index (χ1v) is 12.8. The summed E-state index contributed by atoms with van der Waals surface area (Å²) in [7, 11) is 1.59. The number of rotatable bonds is 8. The molecule has 1 aliphatic heterocycles. The van der Waals surface area contributed by atoms with Crippen LogP contribution in [-0.2, 0) is 16.1 Å². The van der Waals surface area contributed by atoms with Crippen LogP contribution >= 0.6 is 22.9 Å². The highest BCUT2D eigenvalue weighted by Gasteiger charge is 2.35. The van der Waals surface area contributed by atoms with Gasteiger partial charge < -0.3 is 14.5 Å². The molecule has 182 valence electrons. The van der Waals surface area contributed by atoms with E-state index in [0.29, 0.717) is 36.3 Å². The van der Waals surface area contributed by atoms with Crippen molar-refractivity contribution >= 4 is 40.8 Å². The molecule has 0 spiro atoms. The zero-order valence-corrected chi connectivity index (χ0v) is 21.4. The maximum Gasteiger partial charge on any atom is 0.247 e. The van der Waals surface area contributed by atoms with Gasteiger partial charge in [-0.25, -0.2) is 4.98 Å². The normalized spacial score (nSPS) is 16.2. The van der Waals surface area contributed by atoms with Crippen LogP contribution in [0.3, 0.4) is 0 Å². The topological polar surface area (TPSA) is 62.7 Å². The summed E-state index contributed by atoms with van der Waals surface area (Å²) in [6, 6.07) is 15.2. The first-order valence-electron chi connectivity index (χ1n) is 11.6. The van der Waals surface area contributed by atoms with Crippen molar-refractivity contribution in [2.75, 3.05) is 20.2 Å². The minimum atomic E-state index is -0.442. The number of nitrogens with zero attached hydrogens (tertiary/aromatic N) is 3.